The number of allylic oxidation sites excluding steroid dienone is 8. The van der Waals surface area contributed by atoms with Crippen molar-refractivity contribution in [3.8, 4) is 0 Å². The third-order valence-corrected chi connectivity index (χ3v) is 5.90. The van der Waals surface area contributed by atoms with E-state index in [0.29, 0.717) is 5.92 Å². The van der Waals surface area contributed by atoms with Gasteiger partial charge in [-0.3, -0.25) is 0 Å². The number of hydrogen-bond acceptors (Lipinski definition) is 0. The van der Waals surface area contributed by atoms with Crippen LogP contribution in [-0.4, -0.2) is 0 Å². The summed E-state index contributed by atoms with van der Waals surface area (Å²) in [7, 11) is 0. The number of hydrogen-bond donors (Lipinski definition) is 0. The first kappa shape index (κ1) is 18.9. The molecule has 1 heteroatoms. The predicted octanol–water partition coefficient (Wildman–Crippen LogP) is 7.23. The highest BCUT2D eigenvalue weighted by atomic mass is 127. The summed E-state index contributed by atoms with van der Waals surface area (Å²) in [5, 5.41) is 0. The van der Waals surface area contributed by atoms with Crippen LogP contribution < -0.4 is 0 Å². The third-order valence-electron chi connectivity index (χ3n) is 5.18. The van der Waals surface area contributed by atoms with E-state index < -0.39 is 0 Å². The molecule has 0 saturated carbocycles. The van der Waals surface area contributed by atoms with E-state index in [2.05, 4.69) is 134 Å². The molecule has 0 spiro atoms. The first-order valence-corrected chi connectivity index (χ1v) is 10.3. The number of halogens is 1. The number of rotatable bonds is 5. The van der Waals surface area contributed by atoms with Gasteiger partial charge in [-0.05, 0) is 77.6 Å². The average Bonchev–Trinajstić information content (AvgIpc) is 2.70. The summed E-state index contributed by atoms with van der Waals surface area (Å²) in [5.74, 6) is 0.373. The SMILES string of the molecule is C/C=C\C(=C/C)C(c1ccccc1)(c1ccc(I)cc1)C1C=CC=CC1. The molecule has 0 heterocycles. The van der Waals surface area contributed by atoms with Gasteiger partial charge in [-0.25, -0.2) is 0 Å². The van der Waals surface area contributed by atoms with E-state index in [9.17, 15) is 0 Å². The van der Waals surface area contributed by atoms with Gasteiger partial charge in [-0.1, -0.05) is 85.0 Å². The molecular weight excluding hydrogens is 427 g/mol. The van der Waals surface area contributed by atoms with E-state index >= 15 is 0 Å². The van der Waals surface area contributed by atoms with Crippen LogP contribution in [-0.2, 0) is 5.41 Å². The van der Waals surface area contributed by atoms with Crippen LogP contribution in [0.15, 0.2) is 103 Å². The van der Waals surface area contributed by atoms with Crippen molar-refractivity contribution in [1.29, 1.82) is 0 Å². The van der Waals surface area contributed by atoms with Crippen molar-refractivity contribution in [3.05, 3.63) is 117 Å². The fourth-order valence-electron chi connectivity index (χ4n) is 4.09. The molecule has 0 aromatic heterocycles. The molecule has 3 rings (SSSR count). The lowest BCUT2D eigenvalue weighted by atomic mass is 9.59. The molecule has 0 radical (unpaired) electrons. The zero-order valence-corrected chi connectivity index (χ0v) is 17.6. The van der Waals surface area contributed by atoms with E-state index in [0.717, 1.165) is 6.42 Å². The van der Waals surface area contributed by atoms with E-state index in [4.69, 9.17) is 0 Å². The van der Waals surface area contributed by atoms with Crippen molar-refractivity contribution in [2.75, 3.05) is 0 Å². The van der Waals surface area contributed by atoms with Gasteiger partial charge in [0.2, 0.25) is 0 Å². The van der Waals surface area contributed by atoms with Crippen LogP contribution in [0, 0.1) is 9.49 Å². The molecule has 0 bridgehead atoms. The minimum Gasteiger partial charge on any atom is -0.0874 e. The second-order valence-corrected chi connectivity index (χ2v) is 7.83. The maximum atomic E-state index is 2.38. The Bertz CT molecular complexity index is 837. The lowest BCUT2D eigenvalue weighted by Gasteiger charge is -2.43. The molecule has 2 aromatic rings. The molecule has 0 fully saturated rings. The van der Waals surface area contributed by atoms with Crippen LogP contribution in [0.4, 0.5) is 0 Å². The van der Waals surface area contributed by atoms with Gasteiger partial charge < -0.3 is 0 Å². The Morgan fingerprint density at radius 3 is 2.23 bits per heavy atom. The predicted molar refractivity (Wildman–Crippen MR) is 121 cm³/mol. The molecule has 1 aliphatic carbocycles. The molecule has 1 aliphatic rings. The smallest absolute Gasteiger partial charge is 0.0513 e. The topological polar surface area (TPSA) is 0 Å². The average molecular weight is 452 g/mol. The monoisotopic (exact) mass is 452 g/mol. The molecule has 2 unspecified atom stereocenters. The van der Waals surface area contributed by atoms with Gasteiger partial charge in [0.05, 0.1) is 5.41 Å². The van der Waals surface area contributed by atoms with Crippen LogP contribution >= 0.6 is 22.6 Å². The van der Waals surface area contributed by atoms with Gasteiger partial charge in [-0.2, -0.15) is 0 Å². The molecule has 0 N–H and O–H groups in total. The Balaban J connectivity index is 2.35. The van der Waals surface area contributed by atoms with Gasteiger partial charge >= 0.3 is 0 Å². The van der Waals surface area contributed by atoms with Gasteiger partial charge in [-0.15, -0.1) is 0 Å². The summed E-state index contributed by atoms with van der Waals surface area (Å²) in [6.07, 6.45) is 16.8. The molecular formula is C25H25I. The highest BCUT2D eigenvalue weighted by molar-refractivity contribution is 14.1. The molecule has 2 atom stereocenters. The Morgan fingerprint density at radius 2 is 1.65 bits per heavy atom. The number of benzene rings is 2. The molecule has 0 aliphatic heterocycles. The molecule has 0 amide bonds. The Morgan fingerprint density at radius 1 is 0.962 bits per heavy atom. The normalized spacial score (nSPS) is 19.7. The Hall–Kier alpha value is -1.87. The third kappa shape index (κ3) is 3.50. The van der Waals surface area contributed by atoms with Crippen molar-refractivity contribution >= 4 is 22.6 Å². The summed E-state index contributed by atoms with van der Waals surface area (Å²) < 4.78 is 1.26. The van der Waals surface area contributed by atoms with Crippen LogP contribution in [0.2, 0.25) is 0 Å². The highest BCUT2D eigenvalue weighted by Gasteiger charge is 2.42. The standard InChI is InChI=1S/C25H25I/c1-3-11-20(4-2)25(21-12-7-5-8-13-21,22-14-9-6-10-15-22)23-16-18-24(26)19-17-23/h3-14,16-19,22H,15H2,1-2H3/b11-3-,20-4+. The minimum absolute atomic E-state index is 0.200. The van der Waals surface area contributed by atoms with E-state index in [1.54, 1.807) is 0 Å². The zero-order chi connectivity index (χ0) is 18.4. The summed E-state index contributed by atoms with van der Waals surface area (Å²) in [4.78, 5) is 0. The largest absolute Gasteiger partial charge is 0.0874 e. The summed E-state index contributed by atoms with van der Waals surface area (Å²) in [6, 6.07) is 20.0. The highest BCUT2D eigenvalue weighted by Crippen LogP contribution is 2.48. The van der Waals surface area contributed by atoms with Crippen LogP contribution in [0.25, 0.3) is 0 Å². The maximum absolute atomic E-state index is 2.38. The molecule has 2 aromatic carbocycles. The van der Waals surface area contributed by atoms with Gasteiger partial charge in [0.1, 0.15) is 0 Å². The van der Waals surface area contributed by atoms with E-state index in [-0.39, 0.29) is 5.41 Å². The van der Waals surface area contributed by atoms with E-state index in [1.165, 1.54) is 20.3 Å². The van der Waals surface area contributed by atoms with Gasteiger partial charge in [0, 0.05) is 3.57 Å². The van der Waals surface area contributed by atoms with Crippen molar-refractivity contribution < 1.29 is 0 Å². The van der Waals surface area contributed by atoms with Crippen LogP contribution in [0.5, 0.6) is 0 Å². The summed E-state index contributed by atoms with van der Waals surface area (Å²) in [6.45, 7) is 4.26. The first-order chi connectivity index (χ1) is 12.7. The summed E-state index contributed by atoms with van der Waals surface area (Å²) in [5.41, 5.74) is 3.84. The zero-order valence-electron chi connectivity index (χ0n) is 15.4. The molecule has 132 valence electrons. The second-order valence-electron chi connectivity index (χ2n) is 6.58. The second kappa shape index (κ2) is 8.68. The first-order valence-electron chi connectivity index (χ1n) is 9.17. The van der Waals surface area contributed by atoms with Crippen molar-refractivity contribution in [2.24, 2.45) is 5.92 Å². The van der Waals surface area contributed by atoms with Crippen molar-refractivity contribution in [3.63, 3.8) is 0 Å². The van der Waals surface area contributed by atoms with Crippen LogP contribution in [0.3, 0.4) is 0 Å². The fraction of sp³-hybridized carbons (Fsp3) is 0.200. The quantitative estimate of drug-likeness (QED) is 0.332. The van der Waals surface area contributed by atoms with Gasteiger partial charge in [0.25, 0.3) is 0 Å². The van der Waals surface area contributed by atoms with Gasteiger partial charge in [0.15, 0.2) is 0 Å². The maximum Gasteiger partial charge on any atom is 0.0513 e. The molecule has 26 heavy (non-hydrogen) atoms. The Kier molecular flexibility index (Phi) is 6.31. The van der Waals surface area contributed by atoms with Crippen molar-refractivity contribution in [1.82, 2.24) is 0 Å². The fourth-order valence-corrected chi connectivity index (χ4v) is 4.45. The lowest BCUT2D eigenvalue weighted by molar-refractivity contribution is 0.446. The summed E-state index contributed by atoms with van der Waals surface area (Å²) >= 11 is 2.38. The minimum atomic E-state index is -0.200. The lowest BCUT2D eigenvalue weighted by Crippen LogP contribution is -2.38. The molecule has 0 saturated heterocycles. The van der Waals surface area contributed by atoms with Crippen molar-refractivity contribution in [2.45, 2.75) is 25.7 Å². The Labute approximate surface area is 171 Å². The molecule has 0 nitrogen and oxygen atoms in total. The van der Waals surface area contributed by atoms with E-state index in [1.807, 2.05) is 0 Å². The van der Waals surface area contributed by atoms with Crippen LogP contribution in [0.1, 0.15) is 31.4 Å².